The highest BCUT2D eigenvalue weighted by Crippen LogP contribution is 2.29. The first-order valence-corrected chi connectivity index (χ1v) is 5.42. The fraction of sp³-hybridized carbons (Fsp3) is 0.625. The lowest BCUT2D eigenvalue weighted by Crippen LogP contribution is -2.62. The first kappa shape index (κ1) is 11.2. The predicted octanol–water partition coefficient (Wildman–Crippen LogP) is 0.534. The SMILES string of the molecule is CCC1(CCBr)C(=O)NC(=O)NC1=O. The largest absolute Gasteiger partial charge is 0.328 e. The van der Waals surface area contributed by atoms with Crippen LogP contribution < -0.4 is 10.6 Å². The molecule has 4 amide bonds. The molecule has 0 bridgehead atoms. The zero-order chi connectivity index (χ0) is 10.8. The average molecular weight is 263 g/mol. The molecular weight excluding hydrogens is 252 g/mol. The molecule has 1 saturated heterocycles. The maximum atomic E-state index is 11.5. The van der Waals surface area contributed by atoms with Gasteiger partial charge in [-0.05, 0) is 12.8 Å². The highest BCUT2D eigenvalue weighted by molar-refractivity contribution is 9.09. The van der Waals surface area contributed by atoms with Crippen molar-refractivity contribution >= 4 is 33.8 Å². The van der Waals surface area contributed by atoms with Crippen LogP contribution in [0.1, 0.15) is 19.8 Å². The van der Waals surface area contributed by atoms with Crippen molar-refractivity contribution in [1.82, 2.24) is 10.6 Å². The molecule has 1 heterocycles. The Labute approximate surface area is 89.7 Å². The summed E-state index contributed by atoms with van der Waals surface area (Å²) in [6.07, 6.45) is 0.762. The lowest BCUT2D eigenvalue weighted by atomic mass is 9.79. The molecule has 1 aliphatic heterocycles. The maximum Gasteiger partial charge on any atom is 0.328 e. The Morgan fingerprint density at radius 3 is 2.07 bits per heavy atom. The Kier molecular flexibility index (Phi) is 3.25. The van der Waals surface area contributed by atoms with Crippen LogP contribution in [0.2, 0.25) is 0 Å². The van der Waals surface area contributed by atoms with Crippen LogP contribution in [0, 0.1) is 5.41 Å². The molecule has 0 unspecified atom stereocenters. The third-order valence-corrected chi connectivity index (χ3v) is 2.84. The predicted molar refractivity (Wildman–Crippen MR) is 52.8 cm³/mol. The maximum absolute atomic E-state index is 11.5. The van der Waals surface area contributed by atoms with Gasteiger partial charge in [0.05, 0.1) is 0 Å². The summed E-state index contributed by atoms with van der Waals surface area (Å²) in [6, 6.07) is -0.737. The number of imide groups is 2. The third kappa shape index (κ3) is 1.66. The van der Waals surface area contributed by atoms with Crippen LogP contribution in [-0.2, 0) is 9.59 Å². The summed E-state index contributed by atoms with van der Waals surface area (Å²) in [5, 5.41) is 4.75. The van der Waals surface area contributed by atoms with E-state index in [0.717, 1.165) is 0 Å². The van der Waals surface area contributed by atoms with Gasteiger partial charge in [0.2, 0.25) is 11.8 Å². The molecule has 0 aromatic carbocycles. The Hall–Kier alpha value is -0.910. The van der Waals surface area contributed by atoms with Gasteiger partial charge in [0.15, 0.2) is 0 Å². The number of carbonyl (C=O) groups excluding carboxylic acids is 3. The molecular formula is C8H11BrN2O3. The van der Waals surface area contributed by atoms with Crippen molar-refractivity contribution < 1.29 is 14.4 Å². The van der Waals surface area contributed by atoms with Gasteiger partial charge in [-0.3, -0.25) is 20.2 Å². The summed E-state index contributed by atoms with van der Waals surface area (Å²) in [5.74, 6) is -1.01. The molecule has 5 nitrogen and oxygen atoms in total. The van der Waals surface area contributed by atoms with Gasteiger partial charge in [-0.15, -0.1) is 0 Å². The van der Waals surface area contributed by atoms with E-state index in [-0.39, 0.29) is 0 Å². The Morgan fingerprint density at radius 1 is 1.21 bits per heavy atom. The molecule has 0 saturated carbocycles. The van der Waals surface area contributed by atoms with Crippen molar-refractivity contribution in [1.29, 1.82) is 0 Å². The van der Waals surface area contributed by atoms with E-state index in [4.69, 9.17) is 0 Å². The van der Waals surface area contributed by atoms with E-state index in [9.17, 15) is 14.4 Å². The summed E-state index contributed by atoms with van der Waals surface area (Å²) in [5.41, 5.74) is -1.10. The summed E-state index contributed by atoms with van der Waals surface area (Å²) in [7, 11) is 0. The van der Waals surface area contributed by atoms with Crippen LogP contribution in [0.15, 0.2) is 0 Å². The van der Waals surface area contributed by atoms with Crippen LogP contribution >= 0.6 is 15.9 Å². The number of rotatable bonds is 3. The molecule has 6 heteroatoms. The number of barbiturate groups is 1. The first-order valence-electron chi connectivity index (χ1n) is 4.29. The van der Waals surface area contributed by atoms with Crippen molar-refractivity contribution in [3.05, 3.63) is 0 Å². The monoisotopic (exact) mass is 262 g/mol. The average Bonchev–Trinajstić information content (AvgIpc) is 2.11. The van der Waals surface area contributed by atoms with E-state index >= 15 is 0 Å². The summed E-state index contributed by atoms with van der Waals surface area (Å²) >= 11 is 3.19. The van der Waals surface area contributed by atoms with Crippen molar-refractivity contribution in [3.8, 4) is 0 Å². The Morgan fingerprint density at radius 2 is 1.71 bits per heavy atom. The Bertz CT molecular complexity index is 270. The van der Waals surface area contributed by atoms with Gasteiger partial charge in [-0.1, -0.05) is 22.9 Å². The molecule has 0 aliphatic carbocycles. The molecule has 1 aliphatic rings. The van der Waals surface area contributed by atoms with Gasteiger partial charge in [-0.25, -0.2) is 4.79 Å². The number of hydrogen-bond acceptors (Lipinski definition) is 3. The lowest BCUT2D eigenvalue weighted by molar-refractivity contribution is -0.144. The van der Waals surface area contributed by atoms with Gasteiger partial charge in [0, 0.05) is 5.33 Å². The third-order valence-electron chi connectivity index (χ3n) is 2.45. The van der Waals surface area contributed by atoms with Crippen molar-refractivity contribution in [2.45, 2.75) is 19.8 Å². The van der Waals surface area contributed by atoms with Crippen molar-refractivity contribution in [3.63, 3.8) is 0 Å². The van der Waals surface area contributed by atoms with E-state index in [0.29, 0.717) is 18.2 Å². The van der Waals surface area contributed by atoms with Gasteiger partial charge in [-0.2, -0.15) is 0 Å². The second-order valence-corrected chi connectivity index (χ2v) is 3.91. The molecule has 2 N–H and O–H groups in total. The minimum absolute atomic E-state index is 0.379. The molecule has 0 aromatic rings. The molecule has 78 valence electrons. The fourth-order valence-electron chi connectivity index (χ4n) is 1.47. The number of amides is 4. The van der Waals surface area contributed by atoms with Crippen LogP contribution in [0.5, 0.6) is 0 Å². The molecule has 0 aromatic heterocycles. The number of carbonyl (C=O) groups is 3. The summed E-state index contributed by atoms with van der Waals surface area (Å²) in [6.45, 7) is 1.75. The second-order valence-electron chi connectivity index (χ2n) is 3.11. The first-order chi connectivity index (χ1) is 6.56. The van der Waals surface area contributed by atoms with E-state index < -0.39 is 23.3 Å². The number of halogens is 1. The zero-order valence-electron chi connectivity index (χ0n) is 7.72. The summed E-state index contributed by atoms with van der Waals surface area (Å²) in [4.78, 5) is 33.9. The standard InChI is InChI=1S/C8H11BrN2O3/c1-2-8(3-4-9)5(12)10-7(14)11-6(8)13/h2-4H2,1H3,(H2,10,11,12,13,14). The Balaban J connectivity index is 2.97. The van der Waals surface area contributed by atoms with Crippen LogP contribution in [0.4, 0.5) is 4.79 Å². The molecule has 1 fully saturated rings. The van der Waals surface area contributed by atoms with Crippen LogP contribution in [-0.4, -0.2) is 23.2 Å². The van der Waals surface area contributed by atoms with Crippen LogP contribution in [0.25, 0.3) is 0 Å². The lowest BCUT2D eigenvalue weighted by Gasteiger charge is -2.32. The van der Waals surface area contributed by atoms with Crippen LogP contribution in [0.3, 0.4) is 0 Å². The van der Waals surface area contributed by atoms with Gasteiger partial charge >= 0.3 is 6.03 Å². The molecule has 0 atom stereocenters. The molecule has 0 radical (unpaired) electrons. The van der Waals surface area contributed by atoms with Gasteiger partial charge in [0.25, 0.3) is 0 Å². The minimum atomic E-state index is -1.10. The smallest absolute Gasteiger partial charge is 0.277 e. The summed E-state index contributed by atoms with van der Waals surface area (Å²) < 4.78 is 0. The van der Waals surface area contributed by atoms with Gasteiger partial charge < -0.3 is 0 Å². The normalized spacial score (nSPS) is 20.3. The highest BCUT2D eigenvalue weighted by atomic mass is 79.9. The minimum Gasteiger partial charge on any atom is -0.277 e. The molecule has 1 rings (SSSR count). The van der Waals surface area contributed by atoms with Crippen molar-refractivity contribution in [2.75, 3.05) is 5.33 Å². The quantitative estimate of drug-likeness (QED) is 0.576. The number of urea groups is 1. The van der Waals surface area contributed by atoms with E-state index in [2.05, 4.69) is 26.6 Å². The molecule has 0 spiro atoms. The van der Waals surface area contributed by atoms with E-state index in [1.807, 2.05) is 0 Å². The fourth-order valence-corrected chi connectivity index (χ4v) is 2.14. The number of nitrogens with one attached hydrogen (secondary N) is 2. The number of hydrogen-bond donors (Lipinski definition) is 2. The zero-order valence-corrected chi connectivity index (χ0v) is 9.31. The van der Waals surface area contributed by atoms with E-state index in [1.165, 1.54) is 0 Å². The van der Waals surface area contributed by atoms with Crippen molar-refractivity contribution in [2.24, 2.45) is 5.41 Å². The number of alkyl halides is 1. The second kappa shape index (κ2) is 4.08. The molecule has 14 heavy (non-hydrogen) atoms. The van der Waals surface area contributed by atoms with Gasteiger partial charge in [0.1, 0.15) is 5.41 Å². The van der Waals surface area contributed by atoms with E-state index in [1.54, 1.807) is 6.92 Å². The highest BCUT2D eigenvalue weighted by Gasteiger charge is 2.48. The topological polar surface area (TPSA) is 75.3 Å².